The fourth-order valence-electron chi connectivity index (χ4n) is 4.74. The minimum atomic E-state index is -0.956. The van der Waals surface area contributed by atoms with E-state index >= 15 is 0 Å². The first kappa shape index (κ1) is 18.9. The molecule has 0 fully saturated rings. The van der Waals surface area contributed by atoms with Gasteiger partial charge < -0.3 is 5.11 Å². The van der Waals surface area contributed by atoms with Crippen molar-refractivity contribution in [2.75, 3.05) is 4.90 Å². The maximum Gasteiger partial charge on any atom is 0.335 e. The molecule has 0 saturated carbocycles. The van der Waals surface area contributed by atoms with Gasteiger partial charge in [0.2, 0.25) is 5.91 Å². The van der Waals surface area contributed by atoms with Crippen LogP contribution in [0.15, 0.2) is 48.8 Å². The van der Waals surface area contributed by atoms with Gasteiger partial charge in [-0.05, 0) is 67.1 Å². The van der Waals surface area contributed by atoms with Crippen molar-refractivity contribution in [1.29, 1.82) is 0 Å². The van der Waals surface area contributed by atoms with Crippen LogP contribution in [0.3, 0.4) is 0 Å². The normalized spacial score (nSPS) is 19.8. The number of carboxylic acids is 1. The molecule has 1 aliphatic carbocycles. The molecular formula is C23H20ClN3O3. The van der Waals surface area contributed by atoms with Crippen LogP contribution in [0.1, 0.15) is 34.0 Å². The first-order chi connectivity index (χ1) is 14.4. The number of benzene rings is 2. The fourth-order valence-corrected chi connectivity index (χ4v) is 4.91. The third-order valence-electron chi connectivity index (χ3n) is 6.19. The summed E-state index contributed by atoms with van der Waals surface area (Å²) in [7, 11) is 0. The number of halogens is 1. The summed E-state index contributed by atoms with van der Waals surface area (Å²) in [5, 5.41) is 14.3. The number of carboxylic acid groups (broad SMARTS) is 1. The molecule has 1 N–H and O–H groups in total. The van der Waals surface area contributed by atoms with Gasteiger partial charge in [0.1, 0.15) is 0 Å². The number of carbonyl (C=O) groups excluding carboxylic acids is 1. The van der Waals surface area contributed by atoms with Gasteiger partial charge in [0.15, 0.2) is 0 Å². The monoisotopic (exact) mass is 421 g/mol. The van der Waals surface area contributed by atoms with Crippen LogP contribution in [0, 0.1) is 5.41 Å². The second kappa shape index (κ2) is 6.71. The second-order valence-corrected chi connectivity index (χ2v) is 8.50. The fraction of sp³-hybridized carbons (Fsp3) is 0.261. The number of aromatic nitrogens is 2. The van der Waals surface area contributed by atoms with Crippen LogP contribution in [0.5, 0.6) is 0 Å². The number of nitrogens with zero attached hydrogens (tertiary/aromatic N) is 3. The molecule has 7 heteroatoms. The molecule has 2 heterocycles. The molecule has 0 bridgehead atoms. The van der Waals surface area contributed by atoms with Crippen molar-refractivity contribution in [3.63, 3.8) is 0 Å². The summed E-state index contributed by atoms with van der Waals surface area (Å²) in [6.45, 7) is 2.70. The summed E-state index contributed by atoms with van der Waals surface area (Å²) in [5.74, 6) is -0.955. The van der Waals surface area contributed by atoms with E-state index in [1.165, 1.54) is 0 Å². The molecule has 2 aliphatic rings. The van der Waals surface area contributed by atoms with Crippen LogP contribution < -0.4 is 4.90 Å². The number of hydrogen-bond acceptors (Lipinski definition) is 3. The molecule has 0 saturated heterocycles. The molecule has 0 unspecified atom stereocenters. The highest BCUT2D eigenvalue weighted by Crippen LogP contribution is 2.49. The molecule has 1 spiro atoms. The lowest BCUT2D eigenvalue weighted by molar-refractivity contribution is -0.127. The molecule has 152 valence electrons. The van der Waals surface area contributed by atoms with Crippen molar-refractivity contribution in [1.82, 2.24) is 9.78 Å². The largest absolute Gasteiger partial charge is 0.478 e. The highest BCUT2D eigenvalue weighted by Gasteiger charge is 2.50. The Morgan fingerprint density at radius 2 is 1.87 bits per heavy atom. The minimum Gasteiger partial charge on any atom is -0.478 e. The highest BCUT2D eigenvalue weighted by atomic mass is 35.5. The number of fused-ring (bicyclic) bond motifs is 2. The first-order valence-corrected chi connectivity index (χ1v) is 10.3. The number of aromatic carboxylic acids is 1. The van der Waals surface area contributed by atoms with Crippen LogP contribution in [0.2, 0.25) is 5.02 Å². The Morgan fingerprint density at radius 3 is 2.60 bits per heavy atom. The van der Waals surface area contributed by atoms with E-state index < -0.39 is 11.4 Å². The summed E-state index contributed by atoms with van der Waals surface area (Å²) in [6, 6.07) is 10.8. The van der Waals surface area contributed by atoms with Gasteiger partial charge in [0, 0.05) is 17.8 Å². The number of aryl methyl sites for hydroxylation is 1. The number of carbonyl (C=O) groups is 2. The summed E-state index contributed by atoms with van der Waals surface area (Å²) in [5.41, 5.74) is 4.13. The zero-order valence-corrected chi connectivity index (χ0v) is 17.2. The van der Waals surface area contributed by atoms with Crippen LogP contribution in [-0.2, 0) is 30.6 Å². The average molecular weight is 422 g/mol. The molecule has 30 heavy (non-hydrogen) atoms. The van der Waals surface area contributed by atoms with Crippen molar-refractivity contribution in [3.8, 4) is 0 Å². The SMILES string of the molecule is CCn1cc(N2C(=O)[C@@]3(Cc4ccc(C(=O)O)cc4C3)Cc3ccc(Cl)cc32)cn1. The van der Waals surface area contributed by atoms with Crippen molar-refractivity contribution in [3.05, 3.63) is 76.1 Å². The molecule has 6 nitrogen and oxygen atoms in total. The Labute approximate surface area is 178 Å². The van der Waals surface area contributed by atoms with Gasteiger partial charge >= 0.3 is 5.97 Å². The van der Waals surface area contributed by atoms with Gasteiger partial charge in [0.25, 0.3) is 0 Å². The molecule has 5 rings (SSSR count). The standard InChI is InChI=1S/C23H20ClN3O3/c1-2-26-13-19(12-25-26)27-20-8-18(24)6-5-16(20)10-23(22(27)30)9-15-4-3-14(21(28)29)7-17(15)11-23/h3-8,12-13H,2,9-11H2,1H3,(H,28,29)/t23-/m0/s1. The topological polar surface area (TPSA) is 75.4 Å². The quantitative estimate of drug-likeness (QED) is 0.685. The summed E-state index contributed by atoms with van der Waals surface area (Å²) in [6.07, 6.45) is 5.26. The van der Waals surface area contributed by atoms with Gasteiger partial charge in [-0.2, -0.15) is 5.10 Å². The Balaban J connectivity index is 1.62. The molecule has 3 aromatic rings. The van der Waals surface area contributed by atoms with Gasteiger partial charge in [0.05, 0.1) is 28.6 Å². The first-order valence-electron chi connectivity index (χ1n) is 9.91. The summed E-state index contributed by atoms with van der Waals surface area (Å²) >= 11 is 6.27. The maximum atomic E-state index is 13.9. The highest BCUT2D eigenvalue weighted by molar-refractivity contribution is 6.31. The van der Waals surface area contributed by atoms with Gasteiger partial charge in [-0.3, -0.25) is 14.4 Å². The van der Waals surface area contributed by atoms with Crippen molar-refractivity contribution in [2.24, 2.45) is 5.41 Å². The molecule has 1 aromatic heterocycles. The van der Waals surface area contributed by atoms with Crippen LogP contribution in [0.25, 0.3) is 0 Å². The van der Waals surface area contributed by atoms with E-state index in [0.29, 0.717) is 36.5 Å². The molecule has 2 aromatic carbocycles. The van der Waals surface area contributed by atoms with E-state index in [1.54, 1.807) is 27.9 Å². The molecule has 1 atom stereocenters. The predicted octanol–water partition coefficient (Wildman–Crippen LogP) is 4.26. The lowest BCUT2D eigenvalue weighted by Gasteiger charge is -2.40. The zero-order valence-electron chi connectivity index (χ0n) is 16.4. The predicted molar refractivity (Wildman–Crippen MR) is 113 cm³/mol. The zero-order chi connectivity index (χ0) is 21.0. The maximum absolute atomic E-state index is 13.9. The van der Waals surface area contributed by atoms with Crippen molar-refractivity contribution >= 4 is 34.9 Å². The Bertz CT molecular complexity index is 1200. The Morgan fingerprint density at radius 1 is 1.13 bits per heavy atom. The van der Waals surface area contributed by atoms with Crippen LogP contribution >= 0.6 is 11.6 Å². The molecule has 1 amide bonds. The van der Waals surface area contributed by atoms with E-state index in [9.17, 15) is 14.7 Å². The second-order valence-electron chi connectivity index (χ2n) is 8.07. The van der Waals surface area contributed by atoms with Crippen molar-refractivity contribution in [2.45, 2.75) is 32.7 Å². The Hall–Kier alpha value is -3.12. The van der Waals surface area contributed by atoms with E-state index in [0.717, 1.165) is 22.4 Å². The van der Waals surface area contributed by atoms with Gasteiger partial charge in [-0.1, -0.05) is 23.7 Å². The van der Waals surface area contributed by atoms with Crippen LogP contribution in [-0.4, -0.2) is 26.8 Å². The third kappa shape index (κ3) is 2.82. The van der Waals surface area contributed by atoms with E-state index in [4.69, 9.17) is 11.6 Å². The molecule has 0 radical (unpaired) electrons. The third-order valence-corrected chi connectivity index (χ3v) is 6.42. The summed E-state index contributed by atoms with van der Waals surface area (Å²) in [4.78, 5) is 27.1. The number of amides is 1. The average Bonchev–Trinajstić information content (AvgIpc) is 3.33. The van der Waals surface area contributed by atoms with E-state index in [1.807, 2.05) is 37.4 Å². The summed E-state index contributed by atoms with van der Waals surface area (Å²) < 4.78 is 1.79. The number of anilines is 2. The van der Waals surface area contributed by atoms with Gasteiger partial charge in [-0.25, -0.2) is 4.79 Å². The Kier molecular flexibility index (Phi) is 4.22. The smallest absolute Gasteiger partial charge is 0.335 e. The van der Waals surface area contributed by atoms with E-state index in [-0.39, 0.29) is 11.5 Å². The lowest BCUT2D eigenvalue weighted by Crippen LogP contribution is -2.47. The van der Waals surface area contributed by atoms with Crippen LogP contribution in [0.4, 0.5) is 11.4 Å². The van der Waals surface area contributed by atoms with Gasteiger partial charge in [-0.15, -0.1) is 0 Å². The number of hydrogen-bond donors (Lipinski definition) is 1. The number of rotatable bonds is 3. The molecule has 1 aliphatic heterocycles. The molecular weight excluding hydrogens is 402 g/mol. The van der Waals surface area contributed by atoms with E-state index in [2.05, 4.69) is 5.10 Å². The lowest BCUT2D eigenvalue weighted by atomic mass is 9.74. The minimum absolute atomic E-state index is 0.000921. The van der Waals surface area contributed by atoms with Crippen molar-refractivity contribution < 1.29 is 14.7 Å².